The minimum atomic E-state index is -1.21. The number of pyridine rings is 1. The molecule has 0 unspecified atom stereocenters. The van der Waals surface area contributed by atoms with E-state index in [2.05, 4.69) is 9.72 Å². The van der Waals surface area contributed by atoms with Crippen molar-refractivity contribution in [1.29, 1.82) is 0 Å². The van der Waals surface area contributed by atoms with Crippen LogP contribution in [0.3, 0.4) is 0 Å². The molecule has 0 aliphatic carbocycles. The maximum atomic E-state index is 11.2. The molecule has 0 bridgehead atoms. The molecule has 0 fully saturated rings. The number of hydrogen-bond acceptors (Lipinski definition) is 5. The second kappa shape index (κ2) is 4.41. The average Bonchev–Trinajstić information content (AvgIpc) is 2.18. The van der Waals surface area contributed by atoms with Crippen molar-refractivity contribution < 1.29 is 19.4 Å². The predicted molar refractivity (Wildman–Crippen MR) is 51.6 cm³/mol. The summed E-state index contributed by atoms with van der Waals surface area (Å²) in [6.07, 6.45) is 1.12. The number of carbonyl (C=O) groups is 2. The molecule has 0 amide bonds. The number of esters is 1. The summed E-state index contributed by atoms with van der Waals surface area (Å²) < 4.78 is 4.67. The fourth-order valence-corrected chi connectivity index (χ4v) is 0.968. The van der Waals surface area contributed by atoms with Gasteiger partial charge in [0.2, 0.25) is 0 Å². The molecule has 0 radical (unpaired) electrons. The number of nitrogens with zero attached hydrogens (tertiary/aromatic N) is 1. The van der Waals surface area contributed by atoms with E-state index < -0.39 is 11.9 Å². The van der Waals surface area contributed by atoms with Gasteiger partial charge in [0.25, 0.3) is 0 Å². The summed E-state index contributed by atoms with van der Waals surface area (Å²) in [5.41, 5.74) is 5.15. The van der Waals surface area contributed by atoms with Crippen molar-refractivity contribution in [2.75, 3.05) is 12.3 Å². The predicted octanol–water partition coefficient (Wildman–Crippen LogP) is 0.539. The Labute approximate surface area is 85.7 Å². The van der Waals surface area contributed by atoms with Gasteiger partial charge < -0.3 is 15.6 Å². The summed E-state index contributed by atoms with van der Waals surface area (Å²) in [4.78, 5) is 25.6. The van der Waals surface area contributed by atoms with Gasteiger partial charge in [0.15, 0.2) is 0 Å². The number of rotatable bonds is 3. The molecular formula is C9H10N2O4. The quantitative estimate of drug-likeness (QED) is 0.706. The number of nitrogens with two attached hydrogens (primary N) is 1. The monoisotopic (exact) mass is 210 g/mol. The molecule has 1 aromatic heterocycles. The largest absolute Gasteiger partial charge is 0.478 e. The minimum Gasteiger partial charge on any atom is -0.478 e. The second-order valence-corrected chi connectivity index (χ2v) is 2.68. The fourth-order valence-electron chi connectivity index (χ4n) is 0.968. The summed E-state index contributed by atoms with van der Waals surface area (Å²) in [5.74, 6) is -1.87. The van der Waals surface area contributed by atoms with Gasteiger partial charge in [0.1, 0.15) is 5.69 Å². The number of hydrogen-bond donors (Lipinski definition) is 2. The fraction of sp³-hybridized carbons (Fsp3) is 0.222. The number of aromatic carboxylic acids is 1. The van der Waals surface area contributed by atoms with Crippen molar-refractivity contribution in [1.82, 2.24) is 4.98 Å². The van der Waals surface area contributed by atoms with Crippen LogP contribution in [0.5, 0.6) is 0 Å². The van der Waals surface area contributed by atoms with Gasteiger partial charge in [0.05, 0.1) is 24.1 Å². The van der Waals surface area contributed by atoms with Crippen molar-refractivity contribution in [3.8, 4) is 0 Å². The van der Waals surface area contributed by atoms with Crippen LogP contribution in [0.25, 0.3) is 0 Å². The van der Waals surface area contributed by atoms with E-state index in [9.17, 15) is 9.59 Å². The van der Waals surface area contributed by atoms with Crippen molar-refractivity contribution in [3.05, 3.63) is 23.5 Å². The molecule has 1 aromatic rings. The van der Waals surface area contributed by atoms with Crippen molar-refractivity contribution in [2.45, 2.75) is 6.92 Å². The Hall–Kier alpha value is -2.11. The van der Waals surface area contributed by atoms with E-state index >= 15 is 0 Å². The van der Waals surface area contributed by atoms with E-state index in [4.69, 9.17) is 10.8 Å². The molecule has 1 rings (SSSR count). The van der Waals surface area contributed by atoms with Gasteiger partial charge in [0, 0.05) is 0 Å². The highest BCUT2D eigenvalue weighted by Gasteiger charge is 2.14. The molecule has 80 valence electrons. The van der Waals surface area contributed by atoms with E-state index in [-0.39, 0.29) is 23.6 Å². The molecule has 1 heterocycles. The summed E-state index contributed by atoms with van der Waals surface area (Å²) in [5, 5.41) is 8.74. The number of carboxylic acid groups (broad SMARTS) is 1. The first-order valence-electron chi connectivity index (χ1n) is 4.22. The average molecular weight is 210 g/mol. The lowest BCUT2D eigenvalue weighted by Gasteiger charge is -2.03. The highest BCUT2D eigenvalue weighted by Crippen LogP contribution is 2.12. The zero-order valence-electron chi connectivity index (χ0n) is 8.06. The van der Waals surface area contributed by atoms with E-state index in [0.29, 0.717) is 0 Å². The van der Waals surface area contributed by atoms with Crippen molar-refractivity contribution in [3.63, 3.8) is 0 Å². The molecule has 0 aromatic carbocycles. The standard InChI is InChI=1S/C9H10N2O4/c1-2-15-9(14)7-3-5(8(12)13)6(10)4-11-7/h3-4H,2,10H2,1H3,(H,12,13). The summed E-state index contributed by atoms with van der Waals surface area (Å²) in [6, 6.07) is 1.09. The van der Waals surface area contributed by atoms with Crippen LogP contribution in [0, 0.1) is 0 Å². The first-order chi connectivity index (χ1) is 7.06. The molecule has 0 spiro atoms. The number of carboxylic acids is 1. The third kappa shape index (κ3) is 2.43. The molecule has 0 aliphatic rings. The number of aromatic nitrogens is 1. The summed E-state index contributed by atoms with van der Waals surface area (Å²) >= 11 is 0. The number of nitrogen functional groups attached to an aromatic ring is 1. The molecule has 0 atom stereocenters. The van der Waals surface area contributed by atoms with Crippen LogP contribution in [-0.4, -0.2) is 28.6 Å². The maximum Gasteiger partial charge on any atom is 0.356 e. The van der Waals surface area contributed by atoms with Crippen LogP contribution in [0.4, 0.5) is 5.69 Å². The van der Waals surface area contributed by atoms with Gasteiger partial charge in [-0.1, -0.05) is 0 Å². The third-order valence-electron chi connectivity index (χ3n) is 1.65. The lowest BCUT2D eigenvalue weighted by atomic mass is 10.2. The number of anilines is 1. The van der Waals surface area contributed by atoms with Crippen molar-refractivity contribution in [2.24, 2.45) is 0 Å². The van der Waals surface area contributed by atoms with Crippen LogP contribution < -0.4 is 5.73 Å². The molecule has 0 aliphatic heterocycles. The molecule has 0 saturated carbocycles. The van der Waals surface area contributed by atoms with E-state index in [0.717, 1.165) is 12.3 Å². The smallest absolute Gasteiger partial charge is 0.356 e. The van der Waals surface area contributed by atoms with E-state index in [1.807, 2.05) is 0 Å². The van der Waals surface area contributed by atoms with Gasteiger partial charge in [-0.3, -0.25) is 0 Å². The first-order valence-corrected chi connectivity index (χ1v) is 4.22. The molecule has 3 N–H and O–H groups in total. The van der Waals surface area contributed by atoms with Gasteiger partial charge in [-0.15, -0.1) is 0 Å². The Morgan fingerprint density at radius 1 is 1.60 bits per heavy atom. The van der Waals surface area contributed by atoms with Gasteiger partial charge in [-0.25, -0.2) is 14.6 Å². The molecule has 0 saturated heterocycles. The van der Waals surface area contributed by atoms with Gasteiger partial charge >= 0.3 is 11.9 Å². The Balaban J connectivity index is 3.07. The maximum absolute atomic E-state index is 11.2. The van der Waals surface area contributed by atoms with Crippen LogP contribution in [0.2, 0.25) is 0 Å². The Bertz CT molecular complexity index is 403. The number of carbonyl (C=O) groups excluding carboxylic acids is 1. The topological polar surface area (TPSA) is 103 Å². The zero-order chi connectivity index (χ0) is 11.4. The van der Waals surface area contributed by atoms with Crippen LogP contribution in [-0.2, 0) is 4.74 Å². The summed E-state index contributed by atoms with van der Waals surface area (Å²) in [7, 11) is 0. The van der Waals surface area contributed by atoms with Crippen LogP contribution >= 0.6 is 0 Å². The lowest BCUT2D eigenvalue weighted by molar-refractivity contribution is 0.0519. The third-order valence-corrected chi connectivity index (χ3v) is 1.65. The Kier molecular flexibility index (Phi) is 3.22. The SMILES string of the molecule is CCOC(=O)c1cc(C(=O)O)c(N)cn1. The molecular weight excluding hydrogens is 200 g/mol. The second-order valence-electron chi connectivity index (χ2n) is 2.68. The van der Waals surface area contributed by atoms with E-state index in [1.165, 1.54) is 0 Å². The molecule has 6 heteroatoms. The molecule has 15 heavy (non-hydrogen) atoms. The van der Waals surface area contributed by atoms with E-state index in [1.54, 1.807) is 6.92 Å². The van der Waals surface area contributed by atoms with Gasteiger partial charge in [-0.05, 0) is 13.0 Å². The molecule has 6 nitrogen and oxygen atoms in total. The Morgan fingerprint density at radius 2 is 2.27 bits per heavy atom. The summed E-state index contributed by atoms with van der Waals surface area (Å²) in [6.45, 7) is 1.85. The van der Waals surface area contributed by atoms with Gasteiger partial charge in [-0.2, -0.15) is 0 Å². The zero-order valence-corrected chi connectivity index (χ0v) is 8.06. The lowest BCUT2D eigenvalue weighted by Crippen LogP contribution is -2.11. The highest BCUT2D eigenvalue weighted by molar-refractivity contribution is 5.97. The minimum absolute atomic E-state index is 0.00977. The first kappa shape index (κ1) is 11.0. The number of ether oxygens (including phenoxy) is 1. The van der Waals surface area contributed by atoms with Crippen molar-refractivity contribution >= 4 is 17.6 Å². The Morgan fingerprint density at radius 3 is 2.80 bits per heavy atom. The van der Waals surface area contributed by atoms with Crippen LogP contribution in [0.15, 0.2) is 12.3 Å². The van der Waals surface area contributed by atoms with Crippen LogP contribution in [0.1, 0.15) is 27.8 Å². The normalized spacial score (nSPS) is 9.67. The highest BCUT2D eigenvalue weighted by atomic mass is 16.5.